The highest BCUT2D eigenvalue weighted by Crippen LogP contribution is 2.27. The van der Waals surface area contributed by atoms with Crippen LogP contribution in [0.15, 0.2) is 24.3 Å². The van der Waals surface area contributed by atoms with Crippen molar-refractivity contribution in [3.63, 3.8) is 0 Å². The lowest BCUT2D eigenvalue weighted by Crippen LogP contribution is -2.33. The summed E-state index contributed by atoms with van der Waals surface area (Å²) in [5.41, 5.74) is 1.95. The summed E-state index contributed by atoms with van der Waals surface area (Å²) in [6.07, 6.45) is 2.30. The van der Waals surface area contributed by atoms with Gasteiger partial charge in [0, 0.05) is 18.7 Å². The molecule has 0 radical (unpaired) electrons. The summed E-state index contributed by atoms with van der Waals surface area (Å²) in [5, 5.41) is 3.47. The Morgan fingerprint density at radius 2 is 1.75 bits per heavy atom. The predicted octanol–water partition coefficient (Wildman–Crippen LogP) is 2.49. The highest BCUT2D eigenvalue weighted by Gasteiger charge is 2.31. The molecule has 0 aromatic heterocycles. The van der Waals surface area contributed by atoms with Crippen molar-refractivity contribution in [2.75, 3.05) is 26.2 Å². The summed E-state index contributed by atoms with van der Waals surface area (Å²) in [7, 11) is 0. The van der Waals surface area contributed by atoms with Crippen LogP contribution in [0.2, 0.25) is 0 Å². The zero-order valence-electron chi connectivity index (χ0n) is 12.0. The molecule has 0 saturated carbocycles. The van der Waals surface area contributed by atoms with Gasteiger partial charge < -0.3 is 10.2 Å². The number of carbonyl (C=O) groups is 1. The van der Waals surface area contributed by atoms with Gasteiger partial charge in [0.15, 0.2) is 0 Å². The average molecular weight is 295 g/mol. The fourth-order valence-electron chi connectivity index (χ4n) is 3.40. The molecule has 2 heterocycles. The number of carbonyl (C=O) groups excluding carboxylic acids is 1. The van der Waals surface area contributed by atoms with E-state index in [1.165, 1.54) is 0 Å². The molecular formula is C16H23ClN2O. The highest BCUT2D eigenvalue weighted by atomic mass is 35.5. The molecule has 1 amide bonds. The van der Waals surface area contributed by atoms with Gasteiger partial charge in [-0.3, -0.25) is 4.79 Å². The topological polar surface area (TPSA) is 32.3 Å². The Hall–Kier alpha value is -1.06. The second-order valence-corrected chi connectivity index (χ2v) is 5.86. The molecule has 1 aromatic rings. The van der Waals surface area contributed by atoms with E-state index < -0.39 is 0 Å². The van der Waals surface area contributed by atoms with E-state index in [-0.39, 0.29) is 18.3 Å². The van der Waals surface area contributed by atoms with Crippen LogP contribution >= 0.6 is 12.4 Å². The first kappa shape index (κ1) is 15.3. The molecule has 0 unspecified atom stereocenters. The van der Waals surface area contributed by atoms with Crippen LogP contribution in [0.3, 0.4) is 0 Å². The molecule has 1 aromatic carbocycles. The molecule has 0 aliphatic carbocycles. The number of hydrogen-bond donors (Lipinski definition) is 1. The Balaban J connectivity index is 0.00000147. The fourth-order valence-corrected chi connectivity index (χ4v) is 3.40. The lowest BCUT2D eigenvalue weighted by atomic mass is 9.92. The normalized spacial score (nSPS) is 25.6. The van der Waals surface area contributed by atoms with Crippen LogP contribution in [0.4, 0.5) is 0 Å². The average Bonchev–Trinajstić information content (AvgIpc) is 2.78. The van der Waals surface area contributed by atoms with E-state index >= 15 is 0 Å². The fraction of sp³-hybridized carbons (Fsp3) is 0.562. The predicted molar refractivity (Wildman–Crippen MR) is 83.4 cm³/mol. The van der Waals surface area contributed by atoms with E-state index in [4.69, 9.17) is 0 Å². The Morgan fingerprint density at radius 3 is 2.35 bits per heavy atom. The Kier molecular flexibility index (Phi) is 5.06. The molecule has 3 rings (SSSR count). The number of halogens is 1. The molecule has 0 bridgehead atoms. The molecular weight excluding hydrogens is 272 g/mol. The minimum absolute atomic E-state index is 0. The van der Waals surface area contributed by atoms with Crippen LogP contribution < -0.4 is 5.32 Å². The van der Waals surface area contributed by atoms with E-state index in [0.717, 1.165) is 62.0 Å². The van der Waals surface area contributed by atoms with Crippen LogP contribution in [0.25, 0.3) is 0 Å². The molecule has 2 atom stereocenters. The number of fused-ring (bicyclic) bond motifs is 1. The maximum atomic E-state index is 12.6. The maximum Gasteiger partial charge on any atom is 0.254 e. The summed E-state index contributed by atoms with van der Waals surface area (Å²) < 4.78 is 0. The molecule has 110 valence electrons. The van der Waals surface area contributed by atoms with Gasteiger partial charge in [0.25, 0.3) is 5.91 Å². The van der Waals surface area contributed by atoms with E-state index in [1.54, 1.807) is 0 Å². The van der Waals surface area contributed by atoms with Gasteiger partial charge in [0.1, 0.15) is 0 Å². The van der Waals surface area contributed by atoms with Crippen molar-refractivity contribution in [2.24, 2.45) is 11.8 Å². The Bertz CT molecular complexity index is 463. The molecule has 3 nitrogen and oxygen atoms in total. The zero-order chi connectivity index (χ0) is 13.2. The van der Waals surface area contributed by atoms with Crippen LogP contribution in [0.1, 0.15) is 28.8 Å². The van der Waals surface area contributed by atoms with Crippen molar-refractivity contribution < 1.29 is 4.79 Å². The van der Waals surface area contributed by atoms with Gasteiger partial charge in [0.05, 0.1) is 0 Å². The molecule has 0 spiro atoms. The number of rotatable bonds is 1. The summed E-state index contributed by atoms with van der Waals surface area (Å²) in [6.45, 7) is 6.11. The van der Waals surface area contributed by atoms with Crippen LogP contribution in [-0.2, 0) is 0 Å². The van der Waals surface area contributed by atoms with Gasteiger partial charge in [-0.05, 0) is 56.3 Å². The molecule has 4 heteroatoms. The largest absolute Gasteiger partial charge is 0.339 e. The van der Waals surface area contributed by atoms with Crippen molar-refractivity contribution in [2.45, 2.75) is 19.8 Å². The SMILES string of the molecule is Cc1ccccc1C(=O)N1CC[C@@H]2CNC[C@@H]2CC1.Cl. The number of nitrogens with one attached hydrogen (secondary N) is 1. The minimum atomic E-state index is 0. The van der Waals surface area contributed by atoms with Gasteiger partial charge in [-0.15, -0.1) is 12.4 Å². The summed E-state index contributed by atoms with van der Waals surface area (Å²) in [6, 6.07) is 7.91. The number of amides is 1. The third kappa shape index (κ3) is 2.99. The van der Waals surface area contributed by atoms with Gasteiger partial charge in [-0.1, -0.05) is 18.2 Å². The van der Waals surface area contributed by atoms with Crippen LogP contribution in [-0.4, -0.2) is 37.0 Å². The third-order valence-corrected chi connectivity index (χ3v) is 4.68. The van der Waals surface area contributed by atoms with E-state index in [9.17, 15) is 4.79 Å². The Morgan fingerprint density at radius 1 is 1.15 bits per heavy atom. The number of benzene rings is 1. The van der Waals surface area contributed by atoms with Crippen molar-refractivity contribution in [1.29, 1.82) is 0 Å². The standard InChI is InChI=1S/C16H22N2O.ClH/c1-12-4-2-3-5-15(12)16(19)18-8-6-13-10-17-11-14(13)7-9-18;/h2-5,13-14,17H,6-11H2,1H3;1H/t13-,14+;. The second kappa shape index (κ2) is 6.59. The van der Waals surface area contributed by atoms with E-state index in [1.807, 2.05) is 31.2 Å². The second-order valence-electron chi connectivity index (χ2n) is 5.86. The van der Waals surface area contributed by atoms with Gasteiger partial charge in [0.2, 0.25) is 0 Å². The lowest BCUT2D eigenvalue weighted by molar-refractivity contribution is 0.0758. The first-order valence-corrected chi connectivity index (χ1v) is 7.31. The monoisotopic (exact) mass is 294 g/mol. The quantitative estimate of drug-likeness (QED) is 0.863. The van der Waals surface area contributed by atoms with E-state index in [0.29, 0.717) is 0 Å². The van der Waals surface area contributed by atoms with Crippen molar-refractivity contribution in [3.8, 4) is 0 Å². The number of hydrogen-bond acceptors (Lipinski definition) is 2. The summed E-state index contributed by atoms with van der Waals surface area (Å²) in [4.78, 5) is 14.7. The highest BCUT2D eigenvalue weighted by molar-refractivity contribution is 5.95. The van der Waals surface area contributed by atoms with Gasteiger partial charge in [-0.25, -0.2) is 0 Å². The van der Waals surface area contributed by atoms with Crippen molar-refractivity contribution in [3.05, 3.63) is 35.4 Å². The maximum absolute atomic E-state index is 12.6. The Labute approximate surface area is 127 Å². The van der Waals surface area contributed by atoms with Crippen LogP contribution in [0.5, 0.6) is 0 Å². The molecule has 1 N–H and O–H groups in total. The van der Waals surface area contributed by atoms with Crippen molar-refractivity contribution in [1.82, 2.24) is 10.2 Å². The van der Waals surface area contributed by atoms with E-state index in [2.05, 4.69) is 10.2 Å². The van der Waals surface area contributed by atoms with Crippen molar-refractivity contribution >= 4 is 18.3 Å². The molecule has 2 aliphatic heterocycles. The third-order valence-electron chi connectivity index (χ3n) is 4.68. The first-order chi connectivity index (χ1) is 9.25. The van der Waals surface area contributed by atoms with Gasteiger partial charge in [-0.2, -0.15) is 0 Å². The molecule has 2 fully saturated rings. The number of aryl methyl sites for hydroxylation is 1. The zero-order valence-corrected chi connectivity index (χ0v) is 12.8. The molecule has 20 heavy (non-hydrogen) atoms. The smallest absolute Gasteiger partial charge is 0.254 e. The minimum Gasteiger partial charge on any atom is -0.339 e. The first-order valence-electron chi connectivity index (χ1n) is 7.31. The van der Waals surface area contributed by atoms with Crippen LogP contribution in [0, 0.1) is 18.8 Å². The van der Waals surface area contributed by atoms with Gasteiger partial charge >= 0.3 is 0 Å². The molecule has 2 aliphatic rings. The lowest BCUT2D eigenvalue weighted by Gasteiger charge is -2.21. The molecule has 2 saturated heterocycles. The number of likely N-dealkylation sites (tertiary alicyclic amines) is 1. The number of nitrogens with zero attached hydrogens (tertiary/aromatic N) is 1. The summed E-state index contributed by atoms with van der Waals surface area (Å²) in [5.74, 6) is 1.76. The summed E-state index contributed by atoms with van der Waals surface area (Å²) >= 11 is 0.